The second kappa shape index (κ2) is 6.00. The molecule has 2 rings (SSSR count). The standard InChI is InChI=1S/C13H22N4O/c1-10(2)17-9-8-16-12(13(17)18)15-7-3-6-14-11-4-5-11/h8-11,14H,3-7H2,1-2H3,(H,15,16). The van der Waals surface area contributed by atoms with Crippen LogP contribution < -0.4 is 16.2 Å². The molecular weight excluding hydrogens is 228 g/mol. The number of aromatic nitrogens is 2. The molecule has 1 aromatic heterocycles. The normalized spacial score (nSPS) is 15.1. The van der Waals surface area contributed by atoms with E-state index in [1.165, 1.54) is 12.8 Å². The summed E-state index contributed by atoms with van der Waals surface area (Å²) in [6.07, 6.45) is 7.03. The Kier molecular flexibility index (Phi) is 4.36. The predicted molar refractivity (Wildman–Crippen MR) is 73.0 cm³/mol. The van der Waals surface area contributed by atoms with Crippen LogP contribution in [0.15, 0.2) is 17.2 Å². The Labute approximate surface area is 108 Å². The lowest BCUT2D eigenvalue weighted by molar-refractivity contribution is 0.574. The minimum Gasteiger partial charge on any atom is -0.365 e. The van der Waals surface area contributed by atoms with E-state index in [9.17, 15) is 4.79 Å². The molecule has 1 aromatic rings. The summed E-state index contributed by atoms with van der Waals surface area (Å²) in [4.78, 5) is 16.1. The van der Waals surface area contributed by atoms with Crippen LogP contribution in [0, 0.1) is 0 Å². The van der Waals surface area contributed by atoms with Crippen LogP contribution in [0.4, 0.5) is 5.82 Å². The Bertz CT molecular complexity index is 437. The average Bonchev–Trinajstić information content (AvgIpc) is 3.14. The highest BCUT2D eigenvalue weighted by atomic mass is 16.1. The maximum Gasteiger partial charge on any atom is 0.293 e. The SMILES string of the molecule is CC(C)n1ccnc(NCCCNC2CC2)c1=O. The van der Waals surface area contributed by atoms with Gasteiger partial charge in [-0.25, -0.2) is 4.98 Å². The number of hydrogen-bond acceptors (Lipinski definition) is 4. The van der Waals surface area contributed by atoms with Crippen LogP contribution in [0.1, 0.15) is 39.2 Å². The van der Waals surface area contributed by atoms with Crippen LogP contribution in [-0.2, 0) is 0 Å². The van der Waals surface area contributed by atoms with E-state index in [0.29, 0.717) is 5.82 Å². The molecule has 0 unspecified atom stereocenters. The molecule has 1 fully saturated rings. The van der Waals surface area contributed by atoms with Gasteiger partial charge in [-0.1, -0.05) is 0 Å². The van der Waals surface area contributed by atoms with Crippen molar-refractivity contribution in [2.45, 2.75) is 45.2 Å². The van der Waals surface area contributed by atoms with Crippen molar-refractivity contribution in [3.05, 3.63) is 22.7 Å². The molecular formula is C13H22N4O. The van der Waals surface area contributed by atoms with Crippen LogP contribution in [0.25, 0.3) is 0 Å². The Morgan fingerprint density at radius 2 is 2.22 bits per heavy atom. The summed E-state index contributed by atoms with van der Waals surface area (Å²) in [5.74, 6) is 0.456. The van der Waals surface area contributed by atoms with Gasteiger partial charge in [0.15, 0.2) is 5.82 Å². The van der Waals surface area contributed by atoms with Crippen molar-refractivity contribution < 1.29 is 0 Å². The van der Waals surface area contributed by atoms with Gasteiger partial charge in [0, 0.05) is 31.0 Å². The summed E-state index contributed by atoms with van der Waals surface area (Å²) in [7, 11) is 0. The largest absolute Gasteiger partial charge is 0.365 e. The van der Waals surface area contributed by atoms with Crippen LogP contribution in [0.3, 0.4) is 0 Å². The summed E-state index contributed by atoms with van der Waals surface area (Å²) < 4.78 is 1.69. The van der Waals surface area contributed by atoms with Crippen molar-refractivity contribution in [2.75, 3.05) is 18.4 Å². The van der Waals surface area contributed by atoms with Gasteiger partial charge < -0.3 is 15.2 Å². The first-order valence-corrected chi connectivity index (χ1v) is 6.73. The molecule has 0 bridgehead atoms. The van der Waals surface area contributed by atoms with Crippen LogP contribution >= 0.6 is 0 Å². The van der Waals surface area contributed by atoms with Gasteiger partial charge in [0.25, 0.3) is 5.56 Å². The van der Waals surface area contributed by atoms with E-state index < -0.39 is 0 Å². The lowest BCUT2D eigenvalue weighted by atomic mass is 10.3. The second-order valence-corrected chi connectivity index (χ2v) is 5.09. The summed E-state index contributed by atoms with van der Waals surface area (Å²) in [5, 5.41) is 6.56. The van der Waals surface area contributed by atoms with Gasteiger partial charge in [0.05, 0.1) is 0 Å². The molecule has 0 atom stereocenters. The Morgan fingerprint density at radius 3 is 2.89 bits per heavy atom. The summed E-state index contributed by atoms with van der Waals surface area (Å²) in [5.41, 5.74) is -0.0392. The Morgan fingerprint density at radius 1 is 1.44 bits per heavy atom. The zero-order valence-electron chi connectivity index (χ0n) is 11.1. The quantitative estimate of drug-likeness (QED) is 0.718. The first-order chi connectivity index (χ1) is 8.68. The molecule has 5 heteroatoms. The molecule has 0 spiro atoms. The van der Waals surface area contributed by atoms with Crippen LogP contribution in [0.5, 0.6) is 0 Å². The number of hydrogen-bond donors (Lipinski definition) is 2. The Hall–Kier alpha value is -1.36. The predicted octanol–water partition coefficient (Wildman–Crippen LogP) is 1.38. The molecule has 18 heavy (non-hydrogen) atoms. The molecule has 0 amide bonds. The zero-order valence-corrected chi connectivity index (χ0v) is 11.1. The smallest absolute Gasteiger partial charge is 0.293 e. The van der Waals surface area contributed by atoms with Gasteiger partial charge >= 0.3 is 0 Å². The minimum atomic E-state index is -0.0392. The minimum absolute atomic E-state index is 0.0392. The van der Waals surface area contributed by atoms with Gasteiger partial charge in [-0.15, -0.1) is 0 Å². The van der Waals surface area contributed by atoms with E-state index in [1.54, 1.807) is 17.0 Å². The second-order valence-electron chi connectivity index (χ2n) is 5.09. The molecule has 1 aliphatic rings. The van der Waals surface area contributed by atoms with Gasteiger partial charge in [0.2, 0.25) is 0 Å². The lowest BCUT2D eigenvalue weighted by Crippen LogP contribution is -2.27. The molecule has 1 saturated carbocycles. The molecule has 100 valence electrons. The first-order valence-electron chi connectivity index (χ1n) is 6.73. The van der Waals surface area contributed by atoms with Gasteiger partial charge in [0.1, 0.15) is 0 Å². The number of nitrogens with one attached hydrogen (secondary N) is 2. The Balaban J connectivity index is 1.80. The zero-order chi connectivity index (χ0) is 13.0. The number of nitrogens with zero attached hydrogens (tertiary/aromatic N) is 2. The van der Waals surface area contributed by atoms with Crippen molar-refractivity contribution in [1.29, 1.82) is 0 Å². The van der Waals surface area contributed by atoms with Gasteiger partial charge in [-0.3, -0.25) is 4.79 Å². The highest BCUT2D eigenvalue weighted by molar-refractivity contribution is 5.30. The highest BCUT2D eigenvalue weighted by Crippen LogP contribution is 2.18. The maximum absolute atomic E-state index is 12.0. The molecule has 1 heterocycles. The van der Waals surface area contributed by atoms with E-state index in [-0.39, 0.29) is 11.6 Å². The van der Waals surface area contributed by atoms with Gasteiger partial charge in [-0.2, -0.15) is 0 Å². The molecule has 0 saturated heterocycles. The van der Waals surface area contributed by atoms with E-state index in [2.05, 4.69) is 15.6 Å². The molecule has 1 aliphatic carbocycles. The van der Waals surface area contributed by atoms with E-state index >= 15 is 0 Å². The van der Waals surface area contributed by atoms with E-state index in [1.807, 2.05) is 13.8 Å². The number of anilines is 1. The lowest BCUT2D eigenvalue weighted by Gasteiger charge is -2.11. The molecule has 0 aliphatic heterocycles. The third-order valence-corrected chi connectivity index (χ3v) is 3.08. The van der Waals surface area contributed by atoms with Crippen LogP contribution in [0.2, 0.25) is 0 Å². The molecule has 0 radical (unpaired) electrons. The fraction of sp³-hybridized carbons (Fsp3) is 0.692. The summed E-state index contributed by atoms with van der Waals surface area (Å²) >= 11 is 0. The first kappa shape index (κ1) is 13.1. The molecule has 2 N–H and O–H groups in total. The van der Waals surface area contributed by atoms with Crippen molar-refractivity contribution in [2.24, 2.45) is 0 Å². The molecule has 0 aromatic carbocycles. The summed E-state index contributed by atoms with van der Waals surface area (Å²) in [6, 6.07) is 0.913. The monoisotopic (exact) mass is 250 g/mol. The fourth-order valence-corrected chi connectivity index (χ4v) is 1.84. The van der Waals surface area contributed by atoms with E-state index in [4.69, 9.17) is 0 Å². The highest BCUT2D eigenvalue weighted by Gasteiger charge is 2.19. The van der Waals surface area contributed by atoms with E-state index in [0.717, 1.165) is 25.6 Å². The van der Waals surface area contributed by atoms with Crippen LogP contribution in [-0.4, -0.2) is 28.7 Å². The van der Waals surface area contributed by atoms with Gasteiger partial charge in [-0.05, 0) is 39.7 Å². The van der Waals surface area contributed by atoms with Crippen molar-refractivity contribution in [1.82, 2.24) is 14.9 Å². The molecule has 5 nitrogen and oxygen atoms in total. The topological polar surface area (TPSA) is 59.0 Å². The third-order valence-electron chi connectivity index (χ3n) is 3.08. The van der Waals surface area contributed by atoms with Crippen molar-refractivity contribution >= 4 is 5.82 Å². The fourth-order valence-electron chi connectivity index (χ4n) is 1.84. The third kappa shape index (κ3) is 3.57. The average molecular weight is 250 g/mol. The van der Waals surface area contributed by atoms with Crippen molar-refractivity contribution in [3.8, 4) is 0 Å². The summed E-state index contributed by atoms with van der Waals surface area (Å²) in [6.45, 7) is 5.77. The maximum atomic E-state index is 12.0. The number of rotatable bonds is 7. The van der Waals surface area contributed by atoms with Crippen molar-refractivity contribution in [3.63, 3.8) is 0 Å².